The summed E-state index contributed by atoms with van der Waals surface area (Å²) >= 11 is 6.31. The van der Waals surface area contributed by atoms with Crippen molar-refractivity contribution in [2.45, 2.75) is 64.8 Å². The van der Waals surface area contributed by atoms with E-state index in [1.54, 1.807) is 0 Å². The third-order valence-corrected chi connectivity index (χ3v) is 3.91. The van der Waals surface area contributed by atoms with Gasteiger partial charge in [0.25, 0.3) is 0 Å². The van der Waals surface area contributed by atoms with Gasteiger partial charge in [0.2, 0.25) is 0 Å². The van der Waals surface area contributed by atoms with Gasteiger partial charge in [0.15, 0.2) is 0 Å². The van der Waals surface area contributed by atoms with Crippen LogP contribution in [0.1, 0.15) is 62.4 Å². The van der Waals surface area contributed by atoms with Gasteiger partial charge < -0.3 is 0 Å². The number of rotatable bonds is 6. The lowest BCUT2D eigenvalue weighted by molar-refractivity contribution is 0.524. The lowest BCUT2D eigenvalue weighted by Gasteiger charge is -2.08. The van der Waals surface area contributed by atoms with Gasteiger partial charge in [-0.05, 0) is 32.1 Å². The highest BCUT2D eigenvalue weighted by Gasteiger charge is 2.23. The Morgan fingerprint density at radius 1 is 1.35 bits per heavy atom. The molecule has 0 spiro atoms. The maximum Gasteiger partial charge on any atom is 0.0671 e. The van der Waals surface area contributed by atoms with Crippen molar-refractivity contribution >= 4 is 11.6 Å². The van der Waals surface area contributed by atoms with Crippen molar-refractivity contribution < 1.29 is 0 Å². The summed E-state index contributed by atoms with van der Waals surface area (Å²) < 4.78 is 2.21. The molecule has 0 aliphatic heterocycles. The van der Waals surface area contributed by atoms with Crippen LogP contribution in [0.4, 0.5) is 0 Å². The maximum atomic E-state index is 6.31. The first-order valence-electron chi connectivity index (χ1n) is 6.89. The lowest BCUT2D eigenvalue weighted by atomic mass is 10.1. The highest BCUT2D eigenvalue weighted by molar-refractivity contribution is 6.20. The molecular formula is C14H23ClN2. The Labute approximate surface area is 109 Å². The molecule has 96 valence electrons. The van der Waals surface area contributed by atoms with Gasteiger partial charge in [-0.3, -0.25) is 4.68 Å². The van der Waals surface area contributed by atoms with Crippen molar-refractivity contribution in [1.29, 1.82) is 0 Å². The number of aryl methyl sites for hydroxylation is 2. The summed E-state index contributed by atoms with van der Waals surface area (Å²) in [6.07, 6.45) is 6.14. The molecule has 0 aromatic carbocycles. The zero-order valence-electron chi connectivity index (χ0n) is 11.2. The average molecular weight is 255 g/mol. The van der Waals surface area contributed by atoms with E-state index in [2.05, 4.69) is 25.5 Å². The summed E-state index contributed by atoms with van der Waals surface area (Å²) in [5.74, 6) is 0.964. The molecule has 0 radical (unpaired) electrons. The first kappa shape index (κ1) is 12.9. The molecule has 3 heteroatoms. The average Bonchev–Trinajstić information content (AvgIpc) is 3.05. The third kappa shape index (κ3) is 2.85. The van der Waals surface area contributed by atoms with Gasteiger partial charge in [0.05, 0.1) is 11.1 Å². The number of hydrogen-bond donors (Lipinski definition) is 0. The Bertz CT molecular complexity index is 378. The molecular weight excluding hydrogens is 232 g/mol. The molecule has 1 unspecified atom stereocenters. The van der Waals surface area contributed by atoms with Crippen LogP contribution >= 0.6 is 11.6 Å². The molecule has 1 saturated carbocycles. The van der Waals surface area contributed by atoms with Crippen molar-refractivity contribution in [3.8, 4) is 0 Å². The van der Waals surface area contributed by atoms with E-state index in [9.17, 15) is 0 Å². The Hall–Kier alpha value is -0.500. The molecule has 17 heavy (non-hydrogen) atoms. The van der Waals surface area contributed by atoms with E-state index >= 15 is 0 Å². The first-order valence-corrected chi connectivity index (χ1v) is 7.33. The van der Waals surface area contributed by atoms with E-state index in [-0.39, 0.29) is 5.38 Å². The normalized spacial score (nSPS) is 17.4. The molecule has 0 bridgehead atoms. The molecule has 1 aromatic heterocycles. The van der Waals surface area contributed by atoms with Gasteiger partial charge in [-0.25, -0.2) is 0 Å². The highest BCUT2D eigenvalue weighted by Crippen LogP contribution is 2.34. The second-order valence-corrected chi connectivity index (χ2v) is 5.74. The second-order valence-electron chi connectivity index (χ2n) is 5.09. The van der Waals surface area contributed by atoms with Crippen molar-refractivity contribution in [3.05, 3.63) is 17.0 Å². The van der Waals surface area contributed by atoms with Crippen LogP contribution < -0.4 is 0 Å². The number of nitrogens with zero attached hydrogens (tertiary/aromatic N) is 2. The monoisotopic (exact) mass is 254 g/mol. The summed E-state index contributed by atoms with van der Waals surface area (Å²) in [6.45, 7) is 7.50. The van der Waals surface area contributed by atoms with Gasteiger partial charge >= 0.3 is 0 Å². The van der Waals surface area contributed by atoms with Crippen LogP contribution in [0.5, 0.6) is 0 Å². The van der Waals surface area contributed by atoms with Crippen LogP contribution in [0, 0.1) is 5.92 Å². The fraction of sp³-hybridized carbons (Fsp3) is 0.786. The Balaban J connectivity index is 2.23. The SMILES string of the molecule is CCc1nn(CCC2CC2)c(CC)c1C(C)Cl. The van der Waals surface area contributed by atoms with Crippen LogP contribution in [0.25, 0.3) is 0 Å². The predicted octanol–water partition coefficient (Wildman–Crippen LogP) is 4.11. The molecule has 1 fully saturated rings. The van der Waals surface area contributed by atoms with Gasteiger partial charge in [-0.2, -0.15) is 5.10 Å². The quantitative estimate of drug-likeness (QED) is 0.699. The van der Waals surface area contributed by atoms with E-state index < -0.39 is 0 Å². The molecule has 0 amide bonds. The molecule has 2 rings (SSSR count). The number of halogens is 1. The fourth-order valence-electron chi connectivity index (χ4n) is 2.56. The number of aromatic nitrogens is 2. The van der Waals surface area contributed by atoms with Gasteiger partial charge in [0, 0.05) is 17.8 Å². The summed E-state index contributed by atoms with van der Waals surface area (Å²) in [7, 11) is 0. The van der Waals surface area contributed by atoms with E-state index in [1.165, 1.54) is 36.2 Å². The Morgan fingerprint density at radius 2 is 2.06 bits per heavy atom. The van der Waals surface area contributed by atoms with Crippen molar-refractivity contribution in [3.63, 3.8) is 0 Å². The van der Waals surface area contributed by atoms with Gasteiger partial charge in [-0.15, -0.1) is 11.6 Å². The van der Waals surface area contributed by atoms with Crippen LogP contribution in [-0.4, -0.2) is 9.78 Å². The smallest absolute Gasteiger partial charge is 0.0671 e. The predicted molar refractivity (Wildman–Crippen MR) is 72.6 cm³/mol. The van der Waals surface area contributed by atoms with Crippen molar-refractivity contribution in [2.24, 2.45) is 5.92 Å². The van der Waals surface area contributed by atoms with E-state index in [0.717, 1.165) is 25.3 Å². The summed E-state index contributed by atoms with van der Waals surface area (Å²) in [6, 6.07) is 0. The van der Waals surface area contributed by atoms with Gasteiger partial charge in [0.1, 0.15) is 0 Å². The third-order valence-electron chi connectivity index (χ3n) is 3.69. The highest BCUT2D eigenvalue weighted by atomic mass is 35.5. The van der Waals surface area contributed by atoms with Gasteiger partial charge in [-0.1, -0.05) is 26.7 Å². The zero-order chi connectivity index (χ0) is 12.4. The van der Waals surface area contributed by atoms with Crippen LogP contribution in [0.2, 0.25) is 0 Å². The standard InChI is InChI=1S/C14H23ClN2/c1-4-12-14(10(3)15)13(5-2)17(16-12)9-8-11-6-7-11/h10-11H,4-9H2,1-3H3. The number of hydrogen-bond acceptors (Lipinski definition) is 1. The van der Waals surface area contributed by atoms with E-state index in [0.29, 0.717) is 0 Å². The van der Waals surface area contributed by atoms with Crippen molar-refractivity contribution in [1.82, 2.24) is 9.78 Å². The van der Waals surface area contributed by atoms with Crippen LogP contribution in [0.15, 0.2) is 0 Å². The lowest BCUT2D eigenvalue weighted by Crippen LogP contribution is -2.06. The van der Waals surface area contributed by atoms with Crippen molar-refractivity contribution in [2.75, 3.05) is 0 Å². The number of alkyl halides is 1. The topological polar surface area (TPSA) is 17.8 Å². The molecule has 1 aromatic rings. The van der Waals surface area contributed by atoms with E-state index in [1.807, 2.05) is 0 Å². The molecule has 1 aliphatic rings. The summed E-state index contributed by atoms with van der Waals surface area (Å²) in [5, 5.41) is 4.83. The molecule has 2 nitrogen and oxygen atoms in total. The molecule has 0 saturated heterocycles. The van der Waals surface area contributed by atoms with Crippen LogP contribution in [-0.2, 0) is 19.4 Å². The molecule has 1 heterocycles. The minimum absolute atomic E-state index is 0.0783. The minimum atomic E-state index is 0.0783. The largest absolute Gasteiger partial charge is 0.269 e. The summed E-state index contributed by atoms with van der Waals surface area (Å²) in [5.41, 5.74) is 3.83. The second kappa shape index (κ2) is 5.43. The Morgan fingerprint density at radius 3 is 2.53 bits per heavy atom. The summed E-state index contributed by atoms with van der Waals surface area (Å²) in [4.78, 5) is 0. The minimum Gasteiger partial charge on any atom is -0.269 e. The molecule has 1 aliphatic carbocycles. The zero-order valence-corrected chi connectivity index (χ0v) is 11.9. The van der Waals surface area contributed by atoms with Crippen LogP contribution in [0.3, 0.4) is 0 Å². The Kier molecular flexibility index (Phi) is 4.13. The fourth-order valence-corrected chi connectivity index (χ4v) is 2.81. The molecule has 1 atom stereocenters. The first-order chi connectivity index (χ1) is 8.17. The van der Waals surface area contributed by atoms with E-state index in [4.69, 9.17) is 16.7 Å². The molecule has 0 N–H and O–H groups in total. The maximum absolute atomic E-state index is 6.31.